The van der Waals surface area contributed by atoms with Gasteiger partial charge in [0.05, 0.1) is 17.5 Å². The van der Waals surface area contributed by atoms with Crippen LogP contribution in [0.5, 0.6) is 0 Å². The minimum atomic E-state index is -2.90. The molecule has 0 aliphatic carbocycles. The Hall–Kier alpha value is -1.56. The number of benzene rings is 1. The minimum Gasteiger partial charge on any atom is -0.338 e. The number of urea groups is 1. The first kappa shape index (κ1) is 17.8. The topological polar surface area (TPSA) is 75.3 Å². The molecule has 128 valence electrons. The van der Waals surface area contributed by atoms with Gasteiger partial charge in [0.15, 0.2) is 9.84 Å². The highest BCUT2D eigenvalue weighted by molar-refractivity contribution is 7.91. The van der Waals surface area contributed by atoms with E-state index in [1.54, 1.807) is 0 Å². The van der Waals surface area contributed by atoms with Crippen LogP contribution in [0.15, 0.2) is 24.3 Å². The van der Waals surface area contributed by atoms with Crippen LogP contribution in [0.25, 0.3) is 0 Å². The number of carbonyl (C=O) groups excluding carboxylic acids is 1. The number of amides is 2. The molecule has 1 aliphatic heterocycles. The van der Waals surface area contributed by atoms with E-state index in [0.29, 0.717) is 13.0 Å². The first-order valence-corrected chi connectivity index (χ1v) is 9.91. The number of aryl methyl sites for hydroxylation is 1. The third-order valence-corrected chi connectivity index (χ3v) is 6.19. The van der Waals surface area contributed by atoms with E-state index < -0.39 is 9.84 Å². The van der Waals surface area contributed by atoms with Gasteiger partial charge >= 0.3 is 6.03 Å². The van der Waals surface area contributed by atoms with Crippen molar-refractivity contribution in [3.05, 3.63) is 35.4 Å². The molecule has 0 saturated carbocycles. The maximum Gasteiger partial charge on any atom is 0.315 e. The summed E-state index contributed by atoms with van der Waals surface area (Å²) in [5.41, 5.74) is 2.26. The molecule has 5 nitrogen and oxygen atoms in total. The number of nitrogens with one attached hydrogen (secondary N) is 2. The van der Waals surface area contributed by atoms with Gasteiger partial charge in [0, 0.05) is 6.54 Å². The van der Waals surface area contributed by atoms with Crippen molar-refractivity contribution in [2.24, 2.45) is 11.8 Å². The molecule has 23 heavy (non-hydrogen) atoms. The van der Waals surface area contributed by atoms with Gasteiger partial charge < -0.3 is 10.6 Å². The summed E-state index contributed by atoms with van der Waals surface area (Å²) in [5.74, 6) is 0.702. The largest absolute Gasteiger partial charge is 0.338 e. The van der Waals surface area contributed by atoms with Gasteiger partial charge in [-0.25, -0.2) is 13.2 Å². The summed E-state index contributed by atoms with van der Waals surface area (Å²) < 4.78 is 22.9. The summed E-state index contributed by atoms with van der Waals surface area (Å²) in [5, 5.41) is 5.84. The quantitative estimate of drug-likeness (QED) is 0.866. The Balaban J connectivity index is 1.93. The zero-order valence-electron chi connectivity index (χ0n) is 14.0. The lowest BCUT2D eigenvalue weighted by Gasteiger charge is -2.25. The van der Waals surface area contributed by atoms with Crippen LogP contribution in [-0.4, -0.2) is 32.5 Å². The van der Waals surface area contributed by atoms with E-state index in [-0.39, 0.29) is 35.4 Å². The molecule has 0 unspecified atom stereocenters. The van der Waals surface area contributed by atoms with E-state index in [4.69, 9.17) is 0 Å². The van der Waals surface area contributed by atoms with E-state index in [0.717, 1.165) is 11.1 Å². The molecule has 1 saturated heterocycles. The van der Waals surface area contributed by atoms with Crippen molar-refractivity contribution in [1.29, 1.82) is 0 Å². The van der Waals surface area contributed by atoms with Gasteiger partial charge in [-0.1, -0.05) is 38.1 Å². The van der Waals surface area contributed by atoms with Gasteiger partial charge in [-0.15, -0.1) is 0 Å². The third kappa shape index (κ3) is 4.96. The minimum absolute atomic E-state index is 0.0294. The normalized spacial score (nSPS) is 21.1. The second-order valence-electron chi connectivity index (χ2n) is 6.70. The highest BCUT2D eigenvalue weighted by Gasteiger charge is 2.28. The highest BCUT2D eigenvalue weighted by atomic mass is 32.2. The molecule has 1 fully saturated rings. The molecule has 0 bridgehead atoms. The van der Waals surface area contributed by atoms with E-state index >= 15 is 0 Å². The van der Waals surface area contributed by atoms with E-state index in [1.807, 2.05) is 31.2 Å². The summed E-state index contributed by atoms with van der Waals surface area (Å²) in [4.78, 5) is 12.2. The smallest absolute Gasteiger partial charge is 0.315 e. The fourth-order valence-corrected chi connectivity index (χ4v) is 4.86. The van der Waals surface area contributed by atoms with E-state index in [1.165, 1.54) is 0 Å². The molecule has 1 aromatic carbocycles. The summed E-state index contributed by atoms with van der Waals surface area (Å²) in [6.45, 7) is 6.58. The maximum atomic E-state index is 12.2. The highest BCUT2D eigenvalue weighted by Crippen LogP contribution is 2.24. The van der Waals surface area contributed by atoms with Crippen molar-refractivity contribution < 1.29 is 13.2 Å². The van der Waals surface area contributed by atoms with Crippen LogP contribution in [0.3, 0.4) is 0 Å². The number of hydrogen-bond acceptors (Lipinski definition) is 3. The fourth-order valence-electron chi connectivity index (χ4n) is 3.00. The standard InChI is InChI=1S/C17H26N2O3S/c1-12(2)16(15-7-5-4-6-13(15)3)19-17(20)18-10-14-8-9-23(21,22)11-14/h4-7,12,14,16H,8-11H2,1-3H3,(H2,18,19,20)/t14-,16+/m0/s1. The first-order chi connectivity index (χ1) is 10.8. The Bertz CT molecular complexity index is 656. The summed E-state index contributed by atoms with van der Waals surface area (Å²) in [7, 11) is -2.90. The predicted octanol–water partition coefficient (Wildman–Crippen LogP) is 2.43. The van der Waals surface area contributed by atoms with Crippen molar-refractivity contribution in [3.63, 3.8) is 0 Å². The van der Waals surface area contributed by atoms with Crippen molar-refractivity contribution in [1.82, 2.24) is 10.6 Å². The van der Waals surface area contributed by atoms with Gasteiger partial charge in [0.25, 0.3) is 0 Å². The van der Waals surface area contributed by atoms with Gasteiger partial charge in [-0.05, 0) is 36.3 Å². The van der Waals surface area contributed by atoms with Crippen LogP contribution in [0, 0.1) is 18.8 Å². The van der Waals surface area contributed by atoms with E-state index in [9.17, 15) is 13.2 Å². The van der Waals surface area contributed by atoms with Crippen LogP contribution < -0.4 is 10.6 Å². The molecular formula is C17H26N2O3S. The molecule has 6 heteroatoms. The number of hydrogen-bond donors (Lipinski definition) is 2. The second kappa shape index (κ2) is 7.34. The van der Waals surface area contributed by atoms with Crippen molar-refractivity contribution in [3.8, 4) is 0 Å². The fraction of sp³-hybridized carbons (Fsp3) is 0.588. The van der Waals surface area contributed by atoms with Crippen molar-refractivity contribution in [2.45, 2.75) is 33.2 Å². The van der Waals surface area contributed by atoms with Crippen molar-refractivity contribution >= 4 is 15.9 Å². The third-order valence-electron chi connectivity index (χ3n) is 4.35. The molecule has 2 N–H and O–H groups in total. The van der Waals surface area contributed by atoms with Gasteiger partial charge in [-0.3, -0.25) is 0 Å². The second-order valence-corrected chi connectivity index (χ2v) is 8.93. The van der Waals surface area contributed by atoms with Crippen LogP contribution in [0.2, 0.25) is 0 Å². The Morgan fingerprint density at radius 3 is 2.57 bits per heavy atom. The summed E-state index contributed by atoms with van der Waals surface area (Å²) in [6.07, 6.45) is 0.633. The zero-order valence-corrected chi connectivity index (χ0v) is 14.8. The Morgan fingerprint density at radius 1 is 1.30 bits per heavy atom. The van der Waals surface area contributed by atoms with E-state index in [2.05, 4.69) is 24.5 Å². The maximum absolute atomic E-state index is 12.2. The van der Waals surface area contributed by atoms with Crippen molar-refractivity contribution in [2.75, 3.05) is 18.1 Å². The number of rotatable bonds is 5. The van der Waals surface area contributed by atoms with Gasteiger partial charge in [0.1, 0.15) is 0 Å². The van der Waals surface area contributed by atoms with Gasteiger partial charge in [0.2, 0.25) is 0 Å². The Kier molecular flexibility index (Phi) is 5.68. The molecular weight excluding hydrogens is 312 g/mol. The molecule has 0 radical (unpaired) electrons. The lowest BCUT2D eigenvalue weighted by atomic mass is 9.93. The molecule has 2 amide bonds. The summed E-state index contributed by atoms with van der Waals surface area (Å²) >= 11 is 0. The van der Waals surface area contributed by atoms with Crippen LogP contribution in [-0.2, 0) is 9.84 Å². The molecule has 1 aliphatic rings. The molecule has 0 aromatic heterocycles. The average molecular weight is 338 g/mol. The number of carbonyl (C=O) groups is 1. The first-order valence-electron chi connectivity index (χ1n) is 8.09. The molecule has 2 rings (SSSR count). The van der Waals surface area contributed by atoms with Gasteiger partial charge in [-0.2, -0.15) is 0 Å². The lowest BCUT2D eigenvalue weighted by molar-refractivity contribution is 0.231. The summed E-state index contributed by atoms with van der Waals surface area (Å²) in [6, 6.07) is 7.72. The SMILES string of the molecule is Cc1ccccc1[C@H](NC(=O)NC[C@@H]1CCS(=O)(=O)C1)C(C)C. The molecule has 2 atom stereocenters. The zero-order chi connectivity index (χ0) is 17.0. The average Bonchev–Trinajstić information content (AvgIpc) is 2.83. The Labute approximate surface area is 138 Å². The molecule has 1 heterocycles. The monoisotopic (exact) mass is 338 g/mol. The molecule has 1 aromatic rings. The van der Waals surface area contributed by atoms with Crippen LogP contribution >= 0.6 is 0 Å². The predicted molar refractivity (Wildman–Crippen MR) is 92.1 cm³/mol. The molecule has 0 spiro atoms. The number of sulfone groups is 1. The lowest BCUT2D eigenvalue weighted by Crippen LogP contribution is -2.42. The Morgan fingerprint density at radius 2 is 2.00 bits per heavy atom. The van der Waals surface area contributed by atoms with Crippen LogP contribution in [0.1, 0.15) is 37.4 Å². The van der Waals surface area contributed by atoms with Crippen LogP contribution in [0.4, 0.5) is 4.79 Å².